The van der Waals surface area contributed by atoms with Gasteiger partial charge in [-0.05, 0) is 29.9 Å². The van der Waals surface area contributed by atoms with Crippen molar-refractivity contribution in [1.82, 2.24) is 5.32 Å². The van der Waals surface area contributed by atoms with Crippen LogP contribution in [0.4, 0.5) is 0 Å². The molecular formula is C15H17NO3S. The fourth-order valence-electron chi connectivity index (χ4n) is 3.22. The van der Waals surface area contributed by atoms with E-state index in [1.165, 1.54) is 11.1 Å². The molecule has 1 amide bonds. The van der Waals surface area contributed by atoms with E-state index in [0.717, 1.165) is 24.6 Å². The zero-order valence-corrected chi connectivity index (χ0v) is 11.9. The number of hydrogen-bond acceptors (Lipinski definition) is 3. The van der Waals surface area contributed by atoms with Crippen LogP contribution in [0.15, 0.2) is 24.3 Å². The lowest BCUT2D eigenvalue weighted by atomic mass is 9.92. The van der Waals surface area contributed by atoms with Crippen molar-refractivity contribution >= 4 is 23.6 Å². The maximum absolute atomic E-state index is 11.8. The third-order valence-electron chi connectivity index (χ3n) is 4.12. The minimum absolute atomic E-state index is 0.0201. The van der Waals surface area contributed by atoms with Gasteiger partial charge >= 0.3 is 5.97 Å². The van der Waals surface area contributed by atoms with E-state index in [2.05, 4.69) is 29.6 Å². The number of aryl methyl sites for hydroxylation is 1. The Morgan fingerprint density at radius 2 is 2.10 bits per heavy atom. The van der Waals surface area contributed by atoms with Crippen LogP contribution in [0.5, 0.6) is 0 Å². The molecule has 2 aliphatic carbocycles. The molecule has 0 saturated heterocycles. The predicted octanol–water partition coefficient (Wildman–Crippen LogP) is 1.65. The van der Waals surface area contributed by atoms with Crippen LogP contribution in [0.1, 0.15) is 23.5 Å². The second-order valence-corrected chi connectivity index (χ2v) is 6.39. The second-order valence-electron chi connectivity index (χ2n) is 5.41. The highest BCUT2D eigenvalue weighted by molar-refractivity contribution is 8.00. The van der Waals surface area contributed by atoms with Crippen molar-refractivity contribution in [1.29, 1.82) is 0 Å². The first kappa shape index (κ1) is 13.5. The van der Waals surface area contributed by atoms with Gasteiger partial charge in [-0.15, -0.1) is 11.8 Å². The number of carbonyl (C=O) groups excluding carboxylic acids is 1. The van der Waals surface area contributed by atoms with Crippen LogP contribution in [0.25, 0.3) is 0 Å². The molecule has 5 heteroatoms. The molecule has 2 aliphatic rings. The van der Waals surface area contributed by atoms with Crippen molar-refractivity contribution in [2.75, 3.05) is 11.5 Å². The monoisotopic (exact) mass is 291 g/mol. The highest BCUT2D eigenvalue weighted by Crippen LogP contribution is 2.54. The fraction of sp³-hybridized carbons (Fsp3) is 0.467. The van der Waals surface area contributed by atoms with E-state index in [1.54, 1.807) is 0 Å². The minimum Gasteiger partial charge on any atom is -0.481 e. The molecule has 3 unspecified atom stereocenters. The molecule has 3 atom stereocenters. The molecule has 0 aliphatic heterocycles. The van der Waals surface area contributed by atoms with Gasteiger partial charge in [-0.3, -0.25) is 9.59 Å². The minimum atomic E-state index is -0.878. The Morgan fingerprint density at radius 3 is 2.90 bits per heavy atom. The summed E-state index contributed by atoms with van der Waals surface area (Å²) in [7, 11) is 0. The first-order valence-electron chi connectivity index (χ1n) is 6.83. The van der Waals surface area contributed by atoms with E-state index in [1.807, 2.05) is 0 Å². The summed E-state index contributed by atoms with van der Waals surface area (Å²) in [6.45, 7) is 0. The van der Waals surface area contributed by atoms with Gasteiger partial charge < -0.3 is 10.4 Å². The summed E-state index contributed by atoms with van der Waals surface area (Å²) in [6.07, 6.45) is 2.23. The van der Waals surface area contributed by atoms with E-state index < -0.39 is 5.97 Å². The van der Waals surface area contributed by atoms with Gasteiger partial charge in [0.25, 0.3) is 0 Å². The SMILES string of the molecule is O=C(O)CSCC(=O)NC1C2CCc3ccccc3C21. The van der Waals surface area contributed by atoms with Crippen LogP contribution in [0, 0.1) is 5.92 Å². The van der Waals surface area contributed by atoms with Crippen molar-refractivity contribution < 1.29 is 14.7 Å². The smallest absolute Gasteiger partial charge is 0.313 e. The Morgan fingerprint density at radius 1 is 1.30 bits per heavy atom. The number of carbonyl (C=O) groups is 2. The number of thioether (sulfide) groups is 1. The first-order chi connectivity index (χ1) is 9.66. The number of carboxylic acid groups (broad SMARTS) is 1. The number of nitrogens with one attached hydrogen (secondary N) is 1. The standard InChI is InChI=1S/C15H17NO3S/c17-12(7-20-8-13(18)19)16-15-11-6-5-9-3-1-2-4-10(9)14(11)15/h1-4,11,14-15H,5-8H2,(H,16,17)(H,18,19). The van der Waals surface area contributed by atoms with Crippen LogP contribution in [-0.4, -0.2) is 34.5 Å². The highest BCUT2D eigenvalue weighted by atomic mass is 32.2. The molecular weight excluding hydrogens is 274 g/mol. The quantitative estimate of drug-likeness (QED) is 0.865. The Hall–Kier alpha value is -1.49. The maximum Gasteiger partial charge on any atom is 0.313 e. The predicted molar refractivity (Wildman–Crippen MR) is 77.9 cm³/mol. The van der Waals surface area contributed by atoms with Crippen LogP contribution in [0.3, 0.4) is 0 Å². The number of carboxylic acids is 1. The number of hydrogen-bond donors (Lipinski definition) is 2. The molecule has 4 nitrogen and oxygen atoms in total. The number of aliphatic carboxylic acids is 1. The number of rotatable bonds is 5. The first-order valence-corrected chi connectivity index (χ1v) is 7.99. The van der Waals surface area contributed by atoms with Gasteiger partial charge in [0, 0.05) is 12.0 Å². The van der Waals surface area contributed by atoms with Gasteiger partial charge in [0.1, 0.15) is 0 Å². The van der Waals surface area contributed by atoms with Crippen LogP contribution in [0.2, 0.25) is 0 Å². The van der Waals surface area contributed by atoms with Crippen molar-refractivity contribution in [3.05, 3.63) is 35.4 Å². The van der Waals surface area contributed by atoms with Crippen molar-refractivity contribution in [3.63, 3.8) is 0 Å². The number of benzene rings is 1. The fourth-order valence-corrected chi connectivity index (χ4v) is 3.77. The molecule has 0 spiro atoms. The topological polar surface area (TPSA) is 66.4 Å². The average Bonchev–Trinajstić information content (AvgIpc) is 3.12. The zero-order valence-electron chi connectivity index (χ0n) is 11.0. The Bertz CT molecular complexity index is 546. The summed E-state index contributed by atoms with van der Waals surface area (Å²) in [5, 5.41) is 11.6. The van der Waals surface area contributed by atoms with Gasteiger partial charge in [0.05, 0.1) is 11.5 Å². The van der Waals surface area contributed by atoms with Gasteiger partial charge in [0.2, 0.25) is 5.91 Å². The highest BCUT2D eigenvalue weighted by Gasteiger charge is 2.53. The van der Waals surface area contributed by atoms with Crippen LogP contribution >= 0.6 is 11.8 Å². The lowest BCUT2D eigenvalue weighted by molar-refractivity contribution is -0.133. The van der Waals surface area contributed by atoms with Crippen molar-refractivity contribution in [3.8, 4) is 0 Å². The molecule has 0 aromatic heterocycles. The molecule has 1 fully saturated rings. The summed E-state index contributed by atoms with van der Waals surface area (Å²) in [5.41, 5.74) is 2.79. The van der Waals surface area contributed by atoms with E-state index in [9.17, 15) is 9.59 Å². The molecule has 1 saturated carbocycles. The van der Waals surface area contributed by atoms with Gasteiger partial charge in [-0.2, -0.15) is 0 Å². The van der Waals surface area contributed by atoms with E-state index in [0.29, 0.717) is 11.8 Å². The summed E-state index contributed by atoms with van der Waals surface area (Å²) in [4.78, 5) is 22.2. The molecule has 0 bridgehead atoms. The molecule has 2 N–H and O–H groups in total. The van der Waals surface area contributed by atoms with Crippen LogP contribution < -0.4 is 5.32 Å². The zero-order chi connectivity index (χ0) is 14.1. The third kappa shape index (κ3) is 2.68. The normalized spacial score (nSPS) is 26.3. The summed E-state index contributed by atoms with van der Waals surface area (Å²) >= 11 is 1.15. The third-order valence-corrected chi connectivity index (χ3v) is 5.03. The van der Waals surface area contributed by atoms with Crippen LogP contribution in [-0.2, 0) is 16.0 Å². The van der Waals surface area contributed by atoms with Crippen molar-refractivity contribution in [2.45, 2.75) is 24.8 Å². The molecule has 106 valence electrons. The van der Waals surface area contributed by atoms with Crippen molar-refractivity contribution in [2.24, 2.45) is 5.92 Å². The summed E-state index contributed by atoms with van der Waals surface area (Å²) < 4.78 is 0. The average molecular weight is 291 g/mol. The maximum atomic E-state index is 11.8. The number of fused-ring (bicyclic) bond motifs is 3. The Balaban J connectivity index is 1.54. The Kier molecular flexibility index (Phi) is 3.70. The second kappa shape index (κ2) is 5.48. The van der Waals surface area contributed by atoms with E-state index in [4.69, 9.17) is 5.11 Å². The molecule has 1 aromatic rings. The molecule has 0 heterocycles. The molecule has 1 aromatic carbocycles. The summed E-state index contributed by atoms with van der Waals surface area (Å²) in [6, 6.07) is 8.71. The summed E-state index contributed by atoms with van der Waals surface area (Å²) in [5.74, 6) is 0.314. The Labute approximate surface area is 121 Å². The lowest BCUT2D eigenvalue weighted by Gasteiger charge is -2.13. The van der Waals surface area contributed by atoms with E-state index in [-0.39, 0.29) is 23.5 Å². The molecule has 20 heavy (non-hydrogen) atoms. The number of amides is 1. The van der Waals surface area contributed by atoms with Gasteiger partial charge in [-0.25, -0.2) is 0 Å². The lowest BCUT2D eigenvalue weighted by Crippen LogP contribution is -2.29. The largest absolute Gasteiger partial charge is 0.481 e. The van der Waals surface area contributed by atoms with Gasteiger partial charge in [-0.1, -0.05) is 24.3 Å². The molecule has 3 rings (SSSR count). The van der Waals surface area contributed by atoms with Gasteiger partial charge in [0.15, 0.2) is 0 Å². The molecule has 0 radical (unpaired) electrons. The van der Waals surface area contributed by atoms with E-state index >= 15 is 0 Å².